The minimum absolute atomic E-state index is 0.184. The molecule has 3 heterocycles. The second kappa shape index (κ2) is 10.5. The monoisotopic (exact) mass is 545 g/mol. The summed E-state index contributed by atoms with van der Waals surface area (Å²) in [5.41, 5.74) is 6.22. The predicted octanol–water partition coefficient (Wildman–Crippen LogP) is 8.30. The van der Waals surface area contributed by atoms with Gasteiger partial charge in [0.05, 0.1) is 22.3 Å². The molecule has 0 saturated carbocycles. The summed E-state index contributed by atoms with van der Waals surface area (Å²) in [4.78, 5) is 19.6. The van der Waals surface area contributed by atoms with Crippen LogP contribution in [-0.4, -0.2) is 17.7 Å². The first-order valence-corrected chi connectivity index (χ1v) is 14.0. The van der Waals surface area contributed by atoms with Crippen molar-refractivity contribution in [2.24, 2.45) is 0 Å². The van der Waals surface area contributed by atoms with Crippen molar-refractivity contribution >= 4 is 33.1 Å². The van der Waals surface area contributed by atoms with Crippen LogP contribution in [0.25, 0.3) is 33.3 Å². The molecule has 2 aromatic heterocycles. The van der Waals surface area contributed by atoms with Crippen LogP contribution in [0.1, 0.15) is 52.5 Å². The number of anilines is 1. The number of amides is 1. The zero-order valence-electron chi connectivity index (χ0n) is 22.4. The van der Waals surface area contributed by atoms with Crippen LogP contribution in [0, 0.1) is 18.3 Å². The van der Waals surface area contributed by atoms with Crippen molar-refractivity contribution < 1.29 is 14.3 Å². The zero-order chi connectivity index (χ0) is 27.8. The number of para-hydroxylation sites is 1. The molecular weight excluding hydrogens is 518 g/mol. The minimum atomic E-state index is -0.294. The average molecular weight is 546 g/mol. The first-order valence-electron chi connectivity index (χ1n) is 13.2. The van der Waals surface area contributed by atoms with E-state index in [1.165, 1.54) is 16.9 Å². The standard InChI is InChI=1S/C33H27N3O3S/c1-4-19(2)21-9-11-22(12-10-21)31-20(3)40-33(26(31)17-34)36-32(37)25-16-28(35-27-8-6-5-7-24(25)27)23-13-14-29-30(15-23)39-18-38-29/h5-16,19H,4,18H2,1-3H3,(H,36,37). The Morgan fingerprint density at radius 1 is 1.05 bits per heavy atom. The van der Waals surface area contributed by atoms with Crippen molar-refractivity contribution in [2.45, 2.75) is 33.1 Å². The quantitative estimate of drug-likeness (QED) is 0.232. The molecule has 1 aliphatic heterocycles. The van der Waals surface area contributed by atoms with Crippen LogP contribution in [0.4, 0.5) is 5.00 Å². The van der Waals surface area contributed by atoms with E-state index < -0.39 is 0 Å². The number of benzene rings is 3. The highest BCUT2D eigenvalue weighted by atomic mass is 32.1. The number of carbonyl (C=O) groups is 1. The first-order chi connectivity index (χ1) is 19.5. The Kier molecular flexibility index (Phi) is 6.71. The Balaban J connectivity index is 1.37. The average Bonchev–Trinajstić information content (AvgIpc) is 3.59. The summed E-state index contributed by atoms with van der Waals surface area (Å²) in [6.07, 6.45) is 1.07. The minimum Gasteiger partial charge on any atom is -0.454 e. The van der Waals surface area contributed by atoms with Gasteiger partial charge >= 0.3 is 0 Å². The number of nitrogens with zero attached hydrogens (tertiary/aromatic N) is 2. The number of thiophene rings is 1. The zero-order valence-corrected chi connectivity index (χ0v) is 23.3. The highest BCUT2D eigenvalue weighted by molar-refractivity contribution is 7.17. The third-order valence-corrected chi connectivity index (χ3v) is 8.45. The molecule has 1 amide bonds. The molecule has 198 valence electrons. The summed E-state index contributed by atoms with van der Waals surface area (Å²) >= 11 is 1.42. The number of nitriles is 1. The number of fused-ring (bicyclic) bond motifs is 2. The predicted molar refractivity (Wildman–Crippen MR) is 159 cm³/mol. The molecule has 3 aromatic carbocycles. The maximum absolute atomic E-state index is 13.8. The number of rotatable bonds is 6. The lowest BCUT2D eigenvalue weighted by Gasteiger charge is -2.11. The Morgan fingerprint density at radius 2 is 1.80 bits per heavy atom. The molecule has 0 radical (unpaired) electrons. The fourth-order valence-corrected chi connectivity index (χ4v) is 6.06. The van der Waals surface area contributed by atoms with Gasteiger partial charge in [-0.2, -0.15) is 5.26 Å². The molecule has 1 atom stereocenters. The number of aromatic nitrogens is 1. The van der Waals surface area contributed by atoms with Crippen molar-refractivity contribution in [1.29, 1.82) is 5.26 Å². The number of pyridine rings is 1. The molecule has 0 bridgehead atoms. The number of ether oxygens (including phenoxy) is 2. The van der Waals surface area contributed by atoms with E-state index in [1.54, 1.807) is 6.07 Å². The summed E-state index contributed by atoms with van der Waals surface area (Å²) in [6, 6.07) is 25.7. The largest absolute Gasteiger partial charge is 0.454 e. The summed E-state index contributed by atoms with van der Waals surface area (Å²) < 4.78 is 11.0. The van der Waals surface area contributed by atoms with E-state index in [0.717, 1.165) is 33.4 Å². The smallest absolute Gasteiger partial charge is 0.257 e. The summed E-state index contributed by atoms with van der Waals surface area (Å²) in [5.74, 6) is 1.51. The van der Waals surface area contributed by atoms with E-state index in [-0.39, 0.29) is 12.7 Å². The van der Waals surface area contributed by atoms with Crippen molar-refractivity contribution in [1.82, 2.24) is 4.98 Å². The lowest BCUT2D eigenvalue weighted by atomic mass is 9.95. The number of hydrogen-bond acceptors (Lipinski definition) is 6. The molecule has 0 fully saturated rings. The Bertz CT molecular complexity index is 1800. The molecule has 5 aromatic rings. The summed E-state index contributed by atoms with van der Waals surface area (Å²) in [6.45, 7) is 6.55. The van der Waals surface area contributed by atoms with Crippen molar-refractivity contribution in [3.05, 3.63) is 94.4 Å². The number of nitrogens with one attached hydrogen (secondary N) is 1. The molecule has 1 aliphatic rings. The van der Waals surface area contributed by atoms with Gasteiger partial charge in [0.1, 0.15) is 11.1 Å². The molecule has 0 spiro atoms. The van der Waals surface area contributed by atoms with Gasteiger partial charge in [-0.3, -0.25) is 4.79 Å². The molecular formula is C33H27N3O3S. The van der Waals surface area contributed by atoms with Gasteiger partial charge in [0.25, 0.3) is 5.91 Å². The molecule has 40 heavy (non-hydrogen) atoms. The Hall–Kier alpha value is -4.67. The van der Waals surface area contributed by atoms with Gasteiger partial charge in [-0.15, -0.1) is 11.3 Å². The van der Waals surface area contributed by atoms with Crippen LogP contribution in [0.3, 0.4) is 0 Å². The third-order valence-electron chi connectivity index (χ3n) is 7.43. The van der Waals surface area contributed by atoms with E-state index in [9.17, 15) is 10.1 Å². The number of hydrogen-bond donors (Lipinski definition) is 1. The lowest BCUT2D eigenvalue weighted by molar-refractivity contribution is 0.102. The van der Waals surface area contributed by atoms with E-state index in [2.05, 4.69) is 49.5 Å². The van der Waals surface area contributed by atoms with E-state index >= 15 is 0 Å². The second-order valence-corrected chi connectivity index (χ2v) is 11.1. The van der Waals surface area contributed by atoms with Crippen LogP contribution >= 0.6 is 11.3 Å². The molecule has 0 saturated heterocycles. The molecule has 6 rings (SSSR count). The number of carbonyl (C=O) groups excluding carboxylic acids is 1. The second-order valence-electron chi connectivity index (χ2n) is 9.87. The van der Waals surface area contributed by atoms with Crippen molar-refractivity contribution in [3.8, 4) is 40.0 Å². The van der Waals surface area contributed by atoms with Crippen LogP contribution < -0.4 is 14.8 Å². The van der Waals surface area contributed by atoms with Gasteiger partial charge in [-0.25, -0.2) is 4.98 Å². The van der Waals surface area contributed by atoms with Crippen LogP contribution in [-0.2, 0) is 0 Å². The fourth-order valence-electron chi connectivity index (χ4n) is 5.04. The topological polar surface area (TPSA) is 84.2 Å². The van der Waals surface area contributed by atoms with Gasteiger partial charge in [-0.05, 0) is 60.7 Å². The summed E-state index contributed by atoms with van der Waals surface area (Å²) in [7, 11) is 0. The van der Waals surface area contributed by atoms with Gasteiger partial charge in [-0.1, -0.05) is 56.3 Å². The highest BCUT2D eigenvalue weighted by Gasteiger charge is 2.22. The molecule has 6 nitrogen and oxygen atoms in total. The van der Waals surface area contributed by atoms with Crippen molar-refractivity contribution in [2.75, 3.05) is 12.1 Å². The highest BCUT2D eigenvalue weighted by Crippen LogP contribution is 2.41. The van der Waals surface area contributed by atoms with Crippen molar-refractivity contribution in [3.63, 3.8) is 0 Å². The van der Waals surface area contributed by atoms with E-state index in [4.69, 9.17) is 14.5 Å². The Morgan fingerprint density at radius 3 is 2.58 bits per heavy atom. The molecule has 0 aliphatic carbocycles. The van der Waals surface area contributed by atoms with E-state index in [0.29, 0.717) is 44.8 Å². The maximum Gasteiger partial charge on any atom is 0.257 e. The first kappa shape index (κ1) is 25.6. The van der Waals surface area contributed by atoms with Crippen LogP contribution in [0.2, 0.25) is 0 Å². The van der Waals surface area contributed by atoms with Gasteiger partial charge < -0.3 is 14.8 Å². The normalized spacial score (nSPS) is 12.8. The summed E-state index contributed by atoms with van der Waals surface area (Å²) in [5, 5.41) is 14.5. The van der Waals surface area contributed by atoms with Gasteiger partial charge in [0.15, 0.2) is 11.5 Å². The Labute approximate surface area is 236 Å². The third kappa shape index (κ3) is 4.57. The van der Waals surface area contributed by atoms with Gasteiger partial charge in [0, 0.05) is 21.4 Å². The number of aryl methyl sites for hydroxylation is 1. The van der Waals surface area contributed by atoms with E-state index in [1.807, 2.05) is 49.4 Å². The SMILES string of the molecule is CCC(C)c1ccc(-c2c(C)sc(NC(=O)c3cc(-c4ccc5c(c4)OCO5)nc4ccccc34)c2C#N)cc1. The fraction of sp³-hybridized carbons (Fsp3) is 0.182. The molecule has 1 N–H and O–H groups in total. The van der Waals surface area contributed by atoms with Crippen LogP contribution in [0.5, 0.6) is 11.5 Å². The van der Waals surface area contributed by atoms with Crippen LogP contribution in [0.15, 0.2) is 72.8 Å². The lowest BCUT2D eigenvalue weighted by Crippen LogP contribution is -2.13. The maximum atomic E-state index is 13.8. The van der Waals surface area contributed by atoms with Gasteiger partial charge in [0.2, 0.25) is 6.79 Å². The molecule has 7 heteroatoms. The molecule has 1 unspecified atom stereocenters.